The van der Waals surface area contributed by atoms with Gasteiger partial charge in [-0.3, -0.25) is 13.9 Å². The van der Waals surface area contributed by atoms with Crippen molar-refractivity contribution in [3.05, 3.63) is 98.7 Å². The van der Waals surface area contributed by atoms with Crippen molar-refractivity contribution in [2.75, 3.05) is 23.7 Å². The van der Waals surface area contributed by atoms with Gasteiger partial charge in [-0.1, -0.05) is 84.5 Å². The second-order valence-electron chi connectivity index (χ2n) is 9.48. The molecule has 0 heterocycles. The molecular formula is C29H31Cl3FN3O4S. The molecule has 0 saturated heterocycles. The molecule has 0 fully saturated rings. The third kappa shape index (κ3) is 9.33. The minimum Gasteiger partial charge on any atom is -0.354 e. The van der Waals surface area contributed by atoms with E-state index in [1.54, 1.807) is 12.1 Å². The molecule has 1 atom stereocenters. The van der Waals surface area contributed by atoms with Crippen LogP contribution in [0.5, 0.6) is 0 Å². The zero-order chi connectivity index (χ0) is 30.2. The van der Waals surface area contributed by atoms with Crippen LogP contribution < -0.4 is 9.62 Å². The molecular weight excluding hydrogens is 612 g/mol. The fourth-order valence-corrected chi connectivity index (χ4v) is 5.63. The van der Waals surface area contributed by atoms with Crippen molar-refractivity contribution in [3.8, 4) is 0 Å². The number of hydrogen-bond donors (Lipinski definition) is 1. The first-order chi connectivity index (χ1) is 19.4. The van der Waals surface area contributed by atoms with Gasteiger partial charge in [-0.15, -0.1) is 0 Å². The number of rotatable bonds is 13. The van der Waals surface area contributed by atoms with E-state index in [2.05, 4.69) is 5.32 Å². The Hall–Kier alpha value is -2.85. The van der Waals surface area contributed by atoms with Crippen LogP contribution in [0.15, 0.2) is 66.7 Å². The lowest BCUT2D eigenvalue weighted by Gasteiger charge is -2.33. The van der Waals surface area contributed by atoms with Crippen LogP contribution in [0.3, 0.4) is 0 Å². The third-order valence-corrected chi connectivity index (χ3v) is 8.34. The summed E-state index contributed by atoms with van der Waals surface area (Å²) < 4.78 is 40.3. The van der Waals surface area contributed by atoms with Crippen LogP contribution in [-0.2, 0) is 32.6 Å². The van der Waals surface area contributed by atoms with Gasteiger partial charge in [0, 0.05) is 29.6 Å². The van der Waals surface area contributed by atoms with E-state index >= 15 is 0 Å². The molecule has 3 aromatic carbocycles. The summed E-state index contributed by atoms with van der Waals surface area (Å²) in [6.07, 6.45) is 2.69. The Balaban J connectivity index is 2.07. The van der Waals surface area contributed by atoms with Gasteiger partial charge in [0.25, 0.3) is 0 Å². The molecule has 0 aromatic heterocycles. The second-order valence-corrected chi connectivity index (χ2v) is 12.6. The molecule has 41 heavy (non-hydrogen) atoms. The van der Waals surface area contributed by atoms with E-state index in [4.69, 9.17) is 34.8 Å². The monoisotopic (exact) mass is 641 g/mol. The fourth-order valence-electron chi connectivity index (χ4n) is 4.15. The second kappa shape index (κ2) is 14.9. The number of halogens is 4. The first-order valence-corrected chi connectivity index (χ1v) is 15.9. The number of sulfonamides is 1. The lowest BCUT2D eigenvalue weighted by Crippen LogP contribution is -2.53. The summed E-state index contributed by atoms with van der Waals surface area (Å²) in [7, 11) is -4.02. The van der Waals surface area contributed by atoms with E-state index < -0.39 is 40.2 Å². The van der Waals surface area contributed by atoms with E-state index in [0.717, 1.165) is 41.1 Å². The minimum absolute atomic E-state index is 0.00346. The van der Waals surface area contributed by atoms with Crippen molar-refractivity contribution in [1.29, 1.82) is 0 Å². The molecule has 0 spiro atoms. The van der Waals surface area contributed by atoms with Crippen LogP contribution >= 0.6 is 34.8 Å². The minimum atomic E-state index is -4.02. The van der Waals surface area contributed by atoms with Crippen molar-refractivity contribution >= 4 is 62.3 Å². The van der Waals surface area contributed by atoms with Gasteiger partial charge < -0.3 is 10.2 Å². The quantitative estimate of drug-likeness (QED) is 0.228. The maximum atomic E-state index is 14.0. The van der Waals surface area contributed by atoms with Crippen LogP contribution in [-0.4, -0.2) is 50.5 Å². The van der Waals surface area contributed by atoms with Gasteiger partial charge in [-0.25, -0.2) is 12.8 Å². The largest absolute Gasteiger partial charge is 0.354 e. The molecule has 1 N–H and O–H groups in total. The van der Waals surface area contributed by atoms with Crippen LogP contribution in [0.4, 0.5) is 10.1 Å². The standard InChI is InChI=1S/C29H31Cl3FN3O4S/c1-3-4-14-34-29(38)27(15-20-8-6-5-7-9-20)35(18-21-10-11-22(30)16-24(21)31)28(37)19-36(41(2,39)40)23-12-13-26(33)25(32)17-23/h5-13,16-17,27H,3-4,14-15,18-19H2,1-2H3,(H,34,38)/t27-/m1/s1. The molecule has 220 valence electrons. The van der Waals surface area contributed by atoms with Gasteiger partial charge >= 0.3 is 0 Å². The smallest absolute Gasteiger partial charge is 0.244 e. The summed E-state index contributed by atoms with van der Waals surface area (Å²) >= 11 is 18.4. The molecule has 3 rings (SSSR count). The summed E-state index contributed by atoms with van der Waals surface area (Å²) in [6, 6.07) is 16.3. The lowest BCUT2D eigenvalue weighted by atomic mass is 10.0. The maximum absolute atomic E-state index is 14.0. The molecule has 0 bridgehead atoms. The fraction of sp³-hybridized carbons (Fsp3) is 0.310. The van der Waals surface area contributed by atoms with Gasteiger partial charge in [-0.2, -0.15) is 0 Å². The number of hydrogen-bond acceptors (Lipinski definition) is 4. The SMILES string of the molecule is CCCCNC(=O)[C@@H](Cc1ccccc1)N(Cc1ccc(Cl)cc1Cl)C(=O)CN(c1ccc(F)c(Cl)c1)S(C)(=O)=O. The molecule has 12 heteroatoms. The molecule has 0 aliphatic rings. The highest BCUT2D eigenvalue weighted by molar-refractivity contribution is 7.92. The summed E-state index contributed by atoms with van der Waals surface area (Å²) in [5.41, 5.74) is 1.32. The third-order valence-electron chi connectivity index (χ3n) is 6.33. The highest BCUT2D eigenvalue weighted by Crippen LogP contribution is 2.27. The maximum Gasteiger partial charge on any atom is 0.244 e. The molecule has 2 amide bonds. The molecule has 7 nitrogen and oxygen atoms in total. The van der Waals surface area contributed by atoms with E-state index in [0.29, 0.717) is 17.1 Å². The molecule has 3 aromatic rings. The Morgan fingerprint density at radius 2 is 1.68 bits per heavy atom. The van der Waals surface area contributed by atoms with E-state index in [1.807, 2.05) is 37.3 Å². The normalized spacial score (nSPS) is 12.0. The first-order valence-electron chi connectivity index (χ1n) is 12.9. The average molecular weight is 643 g/mol. The van der Waals surface area contributed by atoms with Crippen LogP contribution in [0.1, 0.15) is 30.9 Å². The zero-order valence-electron chi connectivity index (χ0n) is 22.6. The number of anilines is 1. The predicted molar refractivity (Wildman–Crippen MR) is 162 cm³/mol. The Morgan fingerprint density at radius 3 is 2.29 bits per heavy atom. The predicted octanol–water partition coefficient (Wildman–Crippen LogP) is 6.11. The van der Waals surface area contributed by atoms with E-state index in [1.165, 1.54) is 17.0 Å². The average Bonchev–Trinajstić information content (AvgIpc) is 2.92. The van der Waals surface area contributed by atoms with Gasteiger partial charge in [-0.05, 0) is 47.9 Å². The van der Waals surface area contributed by atoms with Crippen LogP contribution in [0, 0.1) is 5.82 Å². The van der Waals surface area contributed by atoms with Gasteiger partial charge in [0.2, 0.25) is 21.8 Å². The van der Waals surface area contributed by atoms with Crippen molar-refractivity contribution in [3.63, 3.8) is 0 Å². The van der Waals surface area contributed by atoms with Gasteiger partial charge in [0.05, 0.1) is 17.0 Å². The molecule has 0 aliphatic heterocycles. The van der Waals surface area contributed by atoms with E-state index in [-0.39, 0.29) is 28.7 Å². The molecule has 0 aliphatic carbocycles. The molecule has 0 saturated carbocycles. The highest BCUT2D eigenvalue weighted by Gasteiger charge is 2.33. The summed E-state index contributed by atoms with van der Waals surface area (Å²) in [5.74, 6) is -1.80. The number of nitrogens with one attached hydrogen (secondary N) is 1. The Bertz CT molecular complexity index is 1480. The number of benzene rings is 3. The number of carbonyl (C=O) groups excluding carboxylic acids is 2. The van der Waals surface area contributed by atoms with E-state index in [9.17, 15) is 22.4 Å². The summed E-state index contributed by atoms with van der Waals surface area (Å²) in [5, 5.41) is 3.28. The van der Waals surface area contributed by atoms with Crippen LogP contribution in [0.25, 0.3) is 0 Å². The van der Waals surface area contributed by atoms with Crippen molar-refractivity contribution in [2.24, 2.45) is 0 Å². The van der Waals surface area contributed by atoms with Gasteiger partial charge in [0.1, 0.15) is 18.4 Å². The Kier molecular flexibility index (Phi) is 11.8. The first kappa shape index (κ1) is 32.7. The van der Waals surface area contributed by atoms with Crippen molar-refractivity contribution in [1.82, 2.24) is 10.2 Å². The van der Waals surface area contributed by atoms with Gasteiger partial charge in [0.15, 0.2) is 0 Å². The molecule has 0 radical (unpaired) electrons. The number of amides is 2. The zero-order valence-corrected chi connectivity index (χ0v) is 25.7. The van der Waals surface area contributed by atoms with Crippen LogP contribution in [0.2, 0.25) is 15.1 Å². The van der Waals surface area contributed by atoms with Crippen molar-refractivity contribution < 1.29 is 22.4 Å². The Morgan fingerprint density at radius 1 is 0.976 bits per heavy atom. The number of nitrogens with zero attached hydrogens (tertiary/aromatic N) is 2. The van der Waals surface area contributed by atoms with Crippen molar-refractivity contribution in [2.45, 2.75) is 38.8 Å². The molecule has 0 unspecified atom stereocenters. The lowest BCUT2D eigenvalue weighted by molar-refractivity contribution is -0.140. The summed E-state index contributed by atoms with van der Waals surface area (Å²) in [4.78, 5) is 28.9. The number of unbranched alkanes of at least 4 members (excludes halogenated alkanes) is 1. The summed E-state index contributed by atoms with van der Waals surface area (Å²) in [6.45, 7) is 1.64. The number of carbonyl (C=O) groups is 2. The Labute approximate surface area is 255 Å². The topological polar surface area (TPSA) is 86.8 Å². The highest BCUT2D eigenvalue weighted by atomic mass is 35.5.